The van der Waals surface area contributed by atoms with E-state index in [1.54, 1.807) is 33.2 Å². The lowest BCUT2D eigenvalue weighted by atomic mass is 10.2. The fourth-order valence-electron chi connectivity index (χ4n) is 1.97. The number of sulfonamides is 1. The van der Waals surface area contributed by atoms with Crippen molar-refractivity contribution >= 4 is 21.6 Å². The van der Waals surface area contributed by atoms with Crippen LogP contribution >= 0.6 is 0 Å². The highest BCUT2D eigenvalue weighted by atomic mass is 32.2. The van der Waals surface area contributed by atoms with Crippen molar-refractivity contribution in [3.63, 3.8) is 0 Å². The van der Waals surface area contributed by atoms with Crippen LogP contribution in [0.4, 0.5) is 10.1 Å². The molecule has 134 valence electrons. The molecule has 0 aliphatic carbocycles. The van der Waals surface area contributed by atoms with Gasteiger partial charge in [-0.3, -0.25) is 9.52 Å². The van der Waals surface area contributed by atoms with Gasteiger partial charge in [-0.2, -0.15) is 0 Å². The fraction of sp³-hybridized carbons (Fsp3) is 0.235. The summed E-state index contributed by atoms with van der Waals surface area (Å²) >= 11 is 0. The zero-order valence-electron chi connectivity index (χ0n) is 14.1. The topological polar surface area (TPSA) is 75.7 Å². The molecule has 0 bridgehead atoms. The van der Waals surface area contributed by atoms with Gasteiger partial charge >= 0.3 is 0 Å². The summed E-state index contributed by atoms with van der Waals surface area (Å²) in [5.74, 6) is -0.383. The van der Waals surface area contributed by atoms with Gasteiger partial charge in [-0.1, -0.05) is 6.07 Å². The standard InChI is InChI=1S/C17H19FN2O4S/c1-12-4-5-13(18)10-16(12)25(22,23)19-14-6-8-15(9-7-14)24-11-17(21)20(2)3/h4-10,19H,11H2,1-3H3. The van der Waals surface area contributed by atoms with Crippen LogP contribution in [0.15, 0.2) is 47.4 Å². The average Bonchev–Trinajstić information content (AvgIpc) is 2.55. The quantitative estimate of drug-likeness (QED) is 0.852. The number of anilines is 1. The first-order valence-electron chi connectivity index (χ1n) is 7.41. The largest absolute Gasteiger partial charge is 0.484 e. The number of hydrogen-bond acceptors (Lipinski definition) is 4. The molecule has 2 aromatic rings. The van der Waals surface area contributed by atoms with E-state index in [2.05, 4.69) is 4.72 Å². The number of nitrogens with one attached hydrogen (secondary N) is 1. The molecular weight excluding hydrogens is 347 g/mol. The van der Waals surface area contributed by atoms with Gasteiger partial charge in [0.15, 0.2) is 6.61 Å². The predicted octanol–water partition coefficient (Wildman–Crippen LogP) is 2.40. The maximum atomic E-state index is 13.3. The highest BCUT2D eigenvalue weighted by Gasteiger charge is 2.18. The number of amides is 1. The average molecular weight is 366 g/mol. The van der Waals surface area contributed by atoms with Gasteiger partial charge in [-0.25, -0.2) is 12.8 Å². The number of rotatable bonds is 6. The SMILES string of the molecule is Cc1ccc(F)cc1S(=O)(=O)Nc1ccc(OCC(=O)N(C)C)cc1. The lowest BCUT2D eigenvalue weighted by molar-refractivity contribution is -0.130. The lowest BCUT2D eigenvalue weighted by Gasteiger charge is -2.13. The molecular formula is C17H19FN2O4S. The third-order valence-corrected chi connectivity index (χ3v) is 4.93. The molecule has 25 heavy (non-hydrogen) atoms. The van der Waals surface area contributed by atoms with Crippen molar-refractivity contribution in [2.45, 2.75) is 11.8 Å². The molecule has 0 saturated heterocycles. The lowest BCUT2D eigenvalue weighted by Crippen LogP contribution is -2.27. The van der Waals surface area contributed by atoms with Crippen molar-refractivity contribution in [3.8, 4) is 5.75 Å². The van der Waals surface area contributed by atoms with E-state index in [1.165, 1.54) is 29.2 Å². The second kappa shape index (κ2) is 7.52. The Morgan fingerprint density at radius 2 is 1.80 bits per heavy atom. The highest BCUT2D eigenvalue weighted by molar-refractivity contribution is 7.92. The summed E-state index contributed by atoms with van der Waals surface area (Å²) in [6.07, 6.45) is 0. The Balaban J connectivity index is 2.10. The van der Waals surface area contributed by atoms with Gasteiger partial charge < -0.3 is 9.64 Å². The van der Waals surface area contributed by atoms with E-state index >= 15 is 0 Å². The molecule has 2 rings (SSSR count). The number of halogens is 1. The van der Waals surface area contributed by atoms with E-state index in [-0.39, 0.29) is 17.4 Å². The summed E-state index contributed by atoms with van der Waals surface area (Å²) in [5.41, 5.74) is 0.742. The highest BCUT2D eigenvalue weighted by Crippen LogP contribution is 2.22. The molecule has 0 saturated carbocycles. The van der Waals surface area contributed by atoms with E-state index in [1.807, 2.05) is 0 Å². The third kappa shape index (κ3) is 4.93. The summed E-state index contributed by atoms with van der Waals surface area (Å²) in [5, 5.41) is 0. The van der Waals surface area contributed by atoms with E-state index < -0.39 is 15.8 Å². The van der Waals surface area contributed by atoms with Crippen molar-refractivity contribution in [3.05, 3.63) is 53.8 Å². The summed E-state index contributed by atoms with van der Waals surface area (Å²) in [6.45, 7) is 1.48. The molecule has 1 N–H and O–H groups in total. The van der Waals surface area contributed by atoms with Crippen LogP contribution in [0.25, 0.3) is 0 Å². The van der Waals surface area contributed by atoms with Crippen LogP contribution in [0.3, 0.4) is 0 Å². The molecule has 0 unspecified atom stereocenters. The predicted molar refractivity (Wildman–Crippen MR) is 92.6 cm³/mol. The van der Waals surface area contributed by atoms with E-state index in [4.69, 9.17) is 4.74 Å². The van der Waals surface area contributed by atoms with Crippen LogP contribution in [0.2, 0.25) is 0 Å². The van der Waals surface area contributed by atoms with E-state index in [0.29, 0.717) is 17.0 Å². The Kier molecular flexibility index (Phi) is 5.63. The molecule has 0 atom stereocenters. The molecule has 1 amide bonds. The number of likely N-dealkylation sites (N-methyl/N-ethyl adjacent to an activating group) is 1. The maximum Gasteiger partial charge on any atom is 0.262 e. The first-order valence-corrected chi connectivity index (χ1v) is 8.89. The van der Waals surface area contributed by atoms with Crippen molar-refractivity contribution in [2.75, 3.05) is 25.4 Å². The fourth-order valence-corrected chi connectivity index (χ4v) is 3.28. The van der Waals surface area contributed by atoms with Crippen LogP contribution in [-0.4, -0.2) is 39.9 Å². The van der Waals surface area contributed by atoms with Gasteiger partial charge in [0.1, 0.15) is 11.6 Å². The molecule has 0 aromatic heterocycles. The van der Waals surface area contributed by atoms with Crippen LogP contribution in [-0.2, 0) is 14.8 Å². The Bertz CT molecular complexity index is 865. The summed E-state index contributed by atoms with van der Waals surface area (Å²) in [4.78, 5) is 12.8. The van der Waals surface area contributed by atoms with Gasteiger partial charge in [0, 0.05) is 19.8 Å². The third-order valence-electron chi connectivity index (χ3n) is 3.41. The van der Waals surface area contributed by atoms with Crippen LogP contribution in [0.1, 0.15) is 5.56 Å². The molecule has 0 spiro atoms. The minimum absolute atomic E-state index is 0.111. The first kappa shape index (κ1) is 18.7. The molecule has 0 aliphatic rings. The number of hydrogen-bond donors (Lipinski definition) is 1. The molecule has 0 heterocycles. The molecule has 6 nitrogen and oxygen atoms in total. The molecule has 0 aliphatic heterocycles. The van der Waals surface area contributed by atoms with Crippen molar-refractivity contribution in [1.29, 1.82) is 0 Å². The Morgan fingerprint density at radius 1 is 1.16 bits per heavy atom. The number of carbonyl (C=O) groups is 1. The summed E-state index contributed by atoms with van der Waals surface area (Å²) in [6, 6.07) is 9.67. The Morgan fingerprint density at radius 3 is 2.40 bits per heavy atom. The van der Waals surface area contributed by atoms with Gasteiger partial charge in [0.05, 0.1) is 4.90 Å². The zero-order valence-corrected chi connectivity index (χ0v) is 14.9. The van der Waals surface area contributed by atoms with Crippen molar-refractivity contribution < 1.29 is 22.3 Å². The van der Waals surface area contributed by atoms with Crippen molar-refractivity contribution in [1.82, 2.24) is 4.90 Å². The Labute approximate surface area is 146 Å². The minimum atomic E-state index is -3.91. The second-order valence-electron chi connectivity index (χ2n) is 5.62. The first-order chi connectivity index (χ1) is 11.7. The molecule has 0 radical (unpaired) electrons. The monoisotopic (exact) mass is 366 g/mol. The number of benzene rings is 2. The molecule has 8 heteroatoms. The van der Waals surface area contributed by atoms with Crippen molar-refractivity contribution in [2.24, 2.45) is 0 Å². The van der Waals surface area contributed by atoms with E-state index in [9.17, 15) is 17.6 Å². The van der Waals surface area contributed by atoms with Crippen LogP contribution < -0.4 is 9.46 Å². The normalized spacial score (nSPS) is 11.0. The summed E-state index contributed by atoms with van der Waals surface area (Å²) < 4.78 is 45.8. The molecule has 2 aromatic carbocycles. The summed E-state index contributed by atoms with van der Waals surface area (Å²) in [7, 11) is -0.662. The van der Waals surface area contributed by atoms with Crippen LogP contribution in [0, 0.1) is 12.7 Å². The number of ether oxygens (including phenoxy) is 1. The van der Waals surface area contributed by atoms with Gasteiger partial charge in [0.2, 0.25) is 0 Å². The number of carbonyl (C=O) groups excluding carboxylic acids is 1. The number of nitrogens with zero attached hydrogens (tertiary/aromatic N) is 1. The van der Waals surface area contributed by atoms with Gasteiger partial charge in [-0.05, 0) is 48.9 Å². The van der Waals surface area contributed by atoms with Gasteiger partial charge in [0.25, 0.3) is 15.9 Å². The van der Waals surface area contributed by atoms with Gasteiger partial charge in [-0.15, -0.1) is 0 Å². The van der Waals surface area contributed by atoms with Crippen LogP contribution in [0.5, 0.6) is 5.75 Å². The number of aryl methyl sites for hydroxylation is 1. The van der Waals surface area contributed by atoms with E-state index in [0.717, 1.165) is 6.07 Å². The maximum absolute atomic E-state index is 13.3. The smallest absolute Gasteiger partial charge is 0.262 e. The second-order valence-corrected chi connectivity index (χ2v) is 7.27. The Hall–Kier alpha value is -2.61. The zero-order chi connectivity index (χ0) is 18.6. The molecule has 0 fully saturated rings. The minimum Gasteiger partial charge on any atom is -0.484 e.